The fourth-order valence-electron chi connectivity index (χ4n) is 5.51. The minimum Gasteiger partial charge on any atom is -0.496 e. The number of carbonyl (C=O) groups is 3. The van der Waals surface area contributed by atoms with Gasteiger partial charge in [-0.1, -0.05) is 59.0 Å². The number of hydrogen-bond donors (Lipinski definition) is 0. The number of rotatable bonds is 5. The summed E-state index contributed by atoms with van der Waals surface area (Å²) in [6.07, 6.45) is 0. The maximum absolute atomic E-state index is 14.0. The first-order valence-electron chi connectivity index (χ1n) is 12.7. The van der Waals surface area contributed by atoms with E-state index < -0.39 is 17.1 Å². The van der Waals surface area contributed by atoms with E-state index >= 15 is 0 Å². The third-order valence-corrected chi connectivity index (χ3v) is 10.1. The second kappa shape index (κ2) is 10.3. The van der Waals surface area contributed by atoms with Crippen LogP contribution < -0.4 is 14.5 Å². The van der Waals surface area contributed by atoms with Crippen LogP contribution in [-0.4, -0.2) is 65.9 Å². The molecule has 11 heteroatoms. The van der Waals surface area contributed by atoms with Gasteiger partial charge in [-0.2, -0.15) is 0 Å². The van der Waals surface area contributed by atoms with Gasteiger partial charge in [0.1, 0.15) is 17.5 Å². The number of imide groups is 1. The minimum absolute atomic E-state index is 0.127. The Balaban J connectivity index is 1.46. The minimum atomic E-state index is -0.750. The van der Waals surface area contributed by atoms with E-state index in [1.165, 1.54) is 21.2 Å². The normalized spacial score (nSPS) is 22.6. The van der Waals surface area contributed by atoms with Crippen molar-refractivity contribution in [1.29, 1.82) is 0 Å². The number of nitrogens with zero attached hydrogens (tertiary/aromatic N) is 3. The van der Waals surface area contributed by atoms with Crippen LogP contribution in [0, 0.1) is 12.8 Å². The van der Waals surface area contributed by atoms with Gasteiger partial charge in [-0.3, -0.25) is 23.7 Å². The lowest BCUT2D eigenvalue weighted by Gasteiger charge is -2.32. The number of thioether (sulfide) groups is 1. The number of methoxy groups -OCH3 is 1. The Hall–Kier alpha value is -3.41. The molecule has 3 amide bonds. The zero-order valence-electron chi connectivity index (χ0n) is 21.5. The monoisotopic (exact) mass is 565 g/mol. The van der Waals surface area contributed by atoms with Gasteiger partial charge in [-0.25, -0.2) is 4.90 Å². The zero-order chi connectivity index (χ0) is 27.3. The number of amides is 3. The highest BCUT2D eigenvalue weighted by Gasteiger charge is 2.57. The summed E-state index contributed by atoms with van der Waals surface area (Å²) in [6.45, 7) is 3.68. The summed E-state index contributed by atoms with van der Waals surface area (Å²) in [4.78, 5) is 57.6. The van der Waals surface area contributed by atoms with Crippen molar-refractivity contribution < 1.29 is 23.9 Å². The molecule has 202 valence electrons. The summed E-state index contributed by atoms with van der Waals surface area (Å²) in [5.41, 5.74) is 2.27. The Kier molecular flexibility index (Phi) is 6.82. The molecule has 3 atom stereocenters. The highest BCUT2D eigenvalue weighted by molar-refractivity contribution is 8.00. The highest BCUT2D eigenvalue weighted by Crippen LogP contribution is 2.55. The summed E-state index contributed by atoms with van der Waals surface area (Å²) in [5, 5.41) is -0.185. The van der Waals surface area contributed by atoms with E-state index in [-0.39, 0.29) is 29.1 Å². The van der Waals surface area contributed by atoms with Crippen molar-refractivity contribution in [3.8, 4) is 5.75 Å². The van der Waals surface area contributed by atoms with E-state index in [0.717, 1.165) is 22.5 Å². The Morgan fingerprint density at radius 3 is 2.46 bits per heavy atom. The second-order valence-corrected chi connectivity index (χ2v) is 11.9. The smallest absolute Gasteiger partial charge is 0.308 e. The van der Waals surface area contributed by atoms with Gasteiger partial charge in [0.15, 0.2) is 0 Å². The van der Waals surface area contributed by atoms with Gasteiger partial charge in [0.2, 0.25) is 17.7 Å². The third kappa shape index (κ3) is 4.38. The molecule has 3 aliphatic rings. The molecular formula is C28H27N3O6S2. The molecule has 2 fully saturated rings. The standard InChI is InChI=1S/C28H27N3O6S2/c1-16-7-9-17(10-8-16)31-25(33)22-21(18-5-3-4-6-19(18)36-2)24-27(38-23(22)26(31)34)30(28(35)39-24)15-20(32)29-11-13-37-14-12-29/h3-10,21-23H,11-15H2,1-2H3/t21-,22-,23+/m0/s1. The number of fused-ring (bicyclic) bond motifs is 2. The SMILES string of the molecule is COc1ccccc1[C@@H]1c2sc(=O)n(CC(=O)N3CCOCC3)c2S[C@H]2C(=O)N(c3ccc(C)cc3)C(=O)[C@@H]12. The van der Waals surface area contributed by atoms with Crippen molar-refractivity contribution in [2.24, 2.45) is 5.92 Å². The molecule has 0 spiro atoms. The number of morpholine rings is 1. The van der Waals surface area contributed by atoms with Crippen molar-refractivity contribution in [3.05, 3.63) is 74.2 Å². The van der Waals surface area contributed by atoms with E-state index in [0.29, 0.717) is 47.6 Å². The summed E-state index contributed by atoms with van der Waals surface area (Å²) in [7, 11) is 1.56. The van der Waals surface area contributed by atoms with Crippen molar-refractivity contribution in [2.75, 3.05) is 38.3 Å². The van der Waals surface area contributed by atoms with Crippen molar-refractivity contribution >= 4 is 46.5 Å². The maximum Gasteiger partial charge on any atom is 0.308 e. The number of hydrogen-bond acceptors (Lipinski definition) is 8. The van der Waals surface area contributed by atoms with Crippen LogP contribution in [0.4, 0.5) is 5.69 Å². The van der Waals surface area contributed by atoms with Crippen molar-refractivity contribution in [1.82, 2.24) is 9.47 Å². The summed E-state index contributed by atoms with van der Waals surface area (Å²) < 4.78 is 12.5. The average molecular weight is 566 g/mol. The number of anilines is 1. The Labute approximate surface area is 233 Å². The van der Waals surface area contributed by atoms with E-state index in [9.17, 15) is 19.2 Å². The van der Waals surface area contributed by atoms with Gasteiger partial charge in [-0.15, -0.1) is 0 Å². The first kappa shape index (κ1) is 25.8. The van der Waals surface area contributed by atoms with E-state index in [1.807, 2.05) is 43.3 Å². The molecule has 3 aromatic rings. The van der Waals surface area contributed by atoms with Gasteiger partial charge in [0, 0.05) is 29.4 Å². The molecule has 9 nitrogen and oxygen atoms in total. The van der Waals surface area contributed by atoms with Crippen LogP contribution in [0.15, 0.2) is 58.4 Å². The van der Waals surface area contributed by atoms with Crippen LogP contribution in [0.2, 0.25) is 0 Å². The fraction of sp³-hybridized carbons (Fsp3) is 0.357. The molecule has 2 aromatic carbocycles. The number of aryl methyl sites for hydroxylation is 1. The molecule has 0 radical (unpaired) electrons. The highest BCUT2D eigenvalue weighted by atomic mass is 32.2. The van der Waals surface area contributed by atoms with Gasteiger partial charge >= 0.3 is 4.87 Å². The van der Waals surface area contributed by atoms with E-state index in [2.05, 4.69) is 0 Å². The molecular weight excluding hydrogens is 538 g/mol. The average Bonchev–Trinajstić information content (AvgIpc) is 3.40. The number of benzene rings is 2. The lowest BCUT2D eigenvalue weighted by atomic mass is 9.82. The number of para-hydroxylation sites is 1. The van der Waals surface area contributed by atoms with Crippen LogP contribution in [0.5, 0.6) is 5.75 Å². The molecule has 0 bridgehead atoms. The molecule has 2 saturated heterocycles. The van der Waals surface area contributed by atoms with Crippen molar-refractivity contribution in [3.63, 3.8) is 0 Å². The van der Waals surface area contributed by atoms with Gasteiger partial charge in [0.05, 0.1) is 37.0 Å². The van der Waals surface area contributed by atoms with E-state index in [4.69, 9.17) is 9.47 Å². The number of ether oxygens (including phenoxy) is 2. The predicted molar refractivity (Wildman–Crippen MR) is 148 cm³/mol. The third-order valence-electron chi connectivity index (χ3n) is 7.47. The molecule has 0 N–H and O–H groups in total. The molecule has 0 unspecified atom stereocenters. The summed E-state index contributed by atoms with van der Waals surface area (Å²) in [5.74, 6) is -1.54. The first-order valence-corrected chi connectivity index (χ1v) is 14.4. The molecule has 6 rings (SSSR count). The lowest BCUT2D eigenvalue weighted by Crippen LogP contribution is -2.43. The van der Waals surface area contributed by atoms with Crippen LogP contribution in [-0.2, 0) is 25.7 Å². The fourth-order valence-corrected chi connectivity index (χ4v) is 8.27. The van der Waals surface area contributed by atoms with Crippen LogP contribution >= 0.6 is 23.1 Å². The first-order chi connectivity index (χ1) is 18.9. The molecule has 4 heterocycles. The molecule has 0 aliphatic carbocycles. The Morgan fingerprint density at radius 2 is 1.74 bits per heavy atom. The summed E-state index contributed by atoms with van der Waals surface area (Å²) >= 11 is 2.25. The molecule has 3 aliphatic heterocycles. The van der Waals surface area contributed by atoms with Gasteiger partial charge in [-0.05, 0) is 25.1 Å². The predicted octanol–water partition coefficient (Wildman–Crippen LogP) is 2.88. The van der Waals surface area contributed by atoms with Gasteiger partial charge < -0.3 is 14.4 Å². The lowest BCUT2D eigenvalue weighted by molar-refractivity contribution is -0.136. The Bertz CT molecular complexity index is 1510. The number of thiazole rings is 1. The number of carbonyl (C=O) groups excluding carboxylic acids is 3. The largest absolute Gasteiger partial charge is 0.496 e. The number of aromatic nitrogens is 1. The zero-order valence-corrected chi connectivity index (χ0v) is 23.1. The van der Waals surface area contributed by atoms with Gasteiger partial charge in [0.25, 0.3) is 0 Å². The van der Waals surface area contributed by atoms with Crippen molar-refractivity contribution in [2.45, 2.75) is 29.7 Å². The topological polar surface area (TPSA) is 98.2 Å². The maximum atomic E-state index is 14.0. The molecule has 1 aromatic heterocycles. The summed E-state index contributed by atoms with van der Waals surface area (Å²) in [6, 6.07) is 14.7. The van der Waals surface area contributed by atoms with Crippen LogP contribution in [0.3, 0.4) is 0 Å². The molecule has 0 saturated carbocycles. The molecule has 39 heavy (non-hydrogen) atoms. The van der Waals surface area contributed by atoms with Crippen LogP contribution in [0.25, 0.3) is 0 Å². The van der Waals surface area contributed by atoms with E-state index in [1.54, 1.807) is 24.1 Å². The Morgan fingerprint density at radius 1 is 1.03 bits per heavy atom. The second-order valence-electron chi connectivity index (χ2n) is 9.75. The van der Waals surface area contributed by atoms with Crippen LogP contribution in [0.1, 0.15) is 21.9 Å². The quantitative estimate of drug-likeness (QED) is 0.439.